The molecule has 25 heteroatoms. The molecule has 3 aliphatic heterocycles. The predicted octanol–water partition coefficient (Wildman–Crippen LogP) is 3.75. The van der Waals surface area contributed by atoms with E-state index in [4.69, 9.17) is 29.4 Å². The van der Waals surface area contributed by atoms with Crippen molar-refractivity contribution in [3.8, 4) is 0 Å². The Kier molecular flexibility index (Phi) is 27.7. The van der Waals surface area contributed by atoms with E-state index in [1.165, 1.54) is 26.1 Å². The monoisotopic (exact) mass is 1200 g/mol. The molecule has 10 N–H and O–H groups in total. The van der Waals surface area contributed by atoms with Gasteiger partial charge in [0.15, 0.2) is 0 Å². The molecule has 9 amide bonds. The van der Waals surface area contributed by atoms with Crippen LogP contribution in [0.15, 0.2) is 60.2 Å². The summed E-state index contributed by atoms with van der Waals surface area (Å²) in [5, 5.41) is 28.9. The second-order valence-corrected chi connectivity index (χ2v) is 21.8. The molecule has 450 valence electrons. The maximum atomic E-state index is 13.6. The van der Waals surface area contributed by atoms with Gasteiger partial charge < -0.3 is 66.4 Å². The third-order valence-corrected chi connectivity index (χ3v) is 14.5. The van der Waals surface area contributed by atoms with Crippen molar-refractivity contribution >= 4 is 75.2 Å². The van der Waals surface area contributed by atoms with Crippen LogP contribution in [0.2, 0.25) is 0 Å². The van der Waals surface area contributed by atoms with Crippen molar-refractivity contribution in [3.63, 3.8) is 0 Å². The maximum Gasteiger partial charge on any atom is 0.426 e. The number of nitrogens with two attached hydrogens (primary N) is 1. The SMILES string of the molecule is CC(=O)OC(C)C=CC(=O)NC1CC(C)C(CC=C(C)C=CC2OC(CC(=O)N(C)NC(=O)OCc3ccc(NC(=O)C(CCCNC(N)=O)NC(=O)C(NC(=O)CCCCCNC(=O)CBr)C(C)C)cc3)CC3(CO3)C2O)OC1C. The minimum atomic E-state index is -1.06. The minimum Gasteiger partial charge on any atom is -0.459 e. The summed E-state index contributed by atoms with van der Waals surface area (Å²) in [4.78, 5) is 113. The highest BCUT2D eigenvalue weighted by Crippen LogP contribution is 2.43. The van der Waals surface area contributed by atoms with Gasteiger partial charge in [-0.15, -0.1) is 0 Å². The number of hydrogen-bond acceptors (Lipinski definition) is 15. The highest BCUT2D eigenvalue weighted by molar-refractivity contribution is 9.09. The van der Waals surface area contributed by atoms with Crippen molar-refractivity contribution in [1.29, 1.82) is 0 Å². The van der Waals surface area contributed by atoms with Crippen molar-refractivity contribution in [1.82, 2.24) is 37.0 Å². The summed E-state index contributed by atoms with van der Waals surface area (Å²) in [5.74, 6) is -2.97. The number of carbonyl (C=O) groups excluding carboxylic acids is 9. The summed E-state index contributed by atoms with van der Waals surface area (Å²) in [6.07, 6.45) is 8.29. The first-order valence-corrected chi connectivity index (χ1v) is 28.7. The molecule has 4 rings (SSSR count). The number of hydrazine groups is 1. The Balaban J connectivity index is 1.23. The van der Waals surface area contributed by atoms with Gasteiger partial charge in [0, 0.05) is 51.7 Å². The number of nitrogens with one attached hydrogen (secondary N) is 7. The molecule has 0 bridgehead atoms. The number of epoxide rings is 1. The number of aliphatic hydroxyl groups excluding tert-OH is 1. The van der Waals surface area contributed by atoms with Gasteiger partial charge in [-0.25, -0.2) is 15.0 Å². The molecule has 3 heterocycles. The molecule has 0 saturated carbocycles. The molecule has 1 aromatic rings. The van der Waals surface area contributed by atoms with Gasteiger partial charge in [-0.1, -0.05) is 79.1 Å². The molecule has 81 heavy (non-hydrogen) atoms. The van der Waals surface area contributed by atoms with Crippen molar-refractivity contribution in [3.05, 3.63) is 65.8 Å². The Morgan fingerprint density at radius 2 is 1.62 bits per heavy atom. The van der Waals surface area contributed by atoms with Crippen LogP contribution in [0.1, 0.15) is 118 Å². The number of anilines is 1. The largest absolute Gasteiger partial charge is 0.459 e. The quantitative estimate of drug-likeness (QED) is 0.0105. The fraction of sp³-hybridized carbons (Fsp3) is 0.625. The van der Waals surface area contributed by atoms with Crippen LogP contribution in [0.3, 0.4) is 0 Å². The summed E-state index contributed by atoms with van der Waals surface area (Å²) >= 11 is 3.09. The Hall–Kier alpha value is -6.41. The molecule has 11 atom stereocenters. The summed E-state index contributed by atoms with van der Waals surface area (Å²) < 4.78 is 28.7. The number of carbonyl (C=O) groups is 9. The Morgan fingerprint density at radius 3 is 2.27 bits per heavy atom. The lowest BCUT2D eigenvalue weighted by Gasteiger charge is -2.39. The van der Waals surface area contributed by atoms with E-state index in [0.29, 0.717) is 56.5 Å². The molecule has 0 radical (unpaired) electrons. The number of nitrogens with zero attached hydrogens (tertiary/aromatic N) is 1. The van der Waals surface area contributed by atoms with Crippen LogP contribution < -0.4 is 43.1 Å². The van der Waals surface area contributed by atoms with Crippen molar-refractivity contribution in [2.45, 2.75) is 180 Å². The molecule has 11 unspecified atom stereocenters. The summed E-state index contributed by atoms with van der Waals surface area (Å²) in [6, 6.07) is 3.44. The molecule has 3 saturated heterocycles. The molecular formula is C56H84BrN9O15. The second kappa shape index (κ2) is 33.5. The van der Waals surface area contributed by atoms with Gasteiger partial charge in [-0.2, -0.15) is 0 Å². The topological polar surface area (TPSA) is 337 Å². The van der Waals surface area contributed by atoms with Crippen molar-refractivity contribution < 1.29 is 71.9 Å². The molecule has 0 aromatic heterocycles. The smallest absolute Gasteiger partial charge is 0.426 e. The Labute approximate surface area is 482 Å². The van der Waals surface area contributed by atoms with Crippen LogP contribution in [0.5, 0.6) is 0 Å². The molecular weight excluding hydrogens is 1120 g/mol. The number of halogens is 1. The van der Waals surface area contributed by atoms with Crippen molar-refractivity contribution in [2.24, 2.45) is 17.6 Å². The van der Waals surface area contributed by atoms with Crippen molar-refractivity contribution in [2.75, 3.05) is 37.4 Å². The first kappa shape index (κ1) is 67.1. The maximum absolute atomic E-state index is 13.6. The van der Waals surface area contributed by atoms with Gasteiger partial charge in [-0.05, 0) is 94.9 Å². The highest BCUT2D eigenvalue weighted by atomic mass is 79.9. The van der Waals surface area contributed by atoms with E-state index in [1.54, 1.807) is 51.1 Å². The minimum absolute atomic E-state index is 0.0992. The van der Waals surface area contributed by atoms with Gasteiger partial charge in [0.2, 0.25) is 35.4 Å². The number of urea groups is 1. The highest BCUT2D eigenvalue weighted by Gasteiger charge is 2.58. The van der Waals surface area contributed by atoms with Crippen LogP contribution in [0.25, 0.3) is 0 Å². The standard InChI is InChI=1S/C56H84BrN9O15/c1-33(2)50(64-46(68)14-10-9-11-25-59-48(70)30-57)53(74)63-42(13-12-26-60-54(58)75)52(73)61-40-20-18-39(19-21-40)31-77-55(76)65-66(8)49(71)28-41-29-56(32-78-56)51(72)45(81-41)23-16-34(3)15-22-44-35(4)27-43(37(6)80-44)62-47(69)24-17-36(5)79-38(7)67/h15-21,23-24,33,35-37,41-45,50-51,72H,9-14,22,25-32H2,1-8H3,(H,59,70)(H,61,73)(H,62,69)(H,63,74)(H,64,68)(H,65,76)(H3,58,60,75). The number of alkyl halides is 1. The molecule has 3 aliphatic rings. The van der Waals surface area contributed by atoms with E-state index in [2.05, 4.69) is 60.2 Å². The number of allylic oxidation sites excluding steroid dienone is 2. The van der Waals surface area contributed by atoms with Gasteiger partial charge in [0.1, 0.15) is 42.6 Å². The van der Waals surface area contributed by atoms with E-state index in [9.17, 15) is 48.3 Å². The molecule has 24 nitrogen and oxygen atoms in total. The van der Waals surface area contributed by atoms with Crippen LogP contribution in [0.4, 0.5) is 15.3 Å². The lowest BCUT2D eigenvalue weighted by atomic mass is 9.87. The number of unbranched alkanes of at least 4 members (excludes halogenated alkanes) is 2. The Morgan fingerprint density at radius 1 is 0.914 bits per heavy atom. The van der Waals surface area contributed by atoms with Gasteiger partial charge in [0.05, 0.1) is 42.7 Å². The van der Waals surface area contributed by atoms with E-state index in [1.807, 2.05) is 26.0 Å². The average molecular weight is 1200 g/mol. The number of hydrogen-bond donors (Lipinski definition) is 9. The van der Waals surface area contributed by atoms with Gasteiger partial charge in [0.25, 0.3) is 0 Å². The first-order chi connectivity index (χ1) is 38.4. The van der Waals surface area contributed by atoms with Crippen LogP contribution in [-0.2, 0) is 63.9 Å². The molecule has 1 aromatic carbocycles. The van der Waals surface area contributed by atoms with Crippen LogP contribution in [0, 0.1) is 11.8 Å². The zero-order valence-corrected chi connectivity index (χ0v) is 49.3. The zero-order valence-electron chi connectivity index (χ0n) is 47.7. The number of esters is 1. The molecule has 1 spiro atoms. The first-order valence-electron chi connectivity index (χ1n) is 27.6. The second-order valence-electron chi connectivity index (χ2n) is 21.3. The third kappa shape index (κ3) is 23.9. The van der Waals surface area contributed by atoms with E-state index in [0.717, 1.165) is 10.6 Å². The summed E-state index contributed by atoms with van der Waals surface area (Å²) in [6.45, 7) is 13.2. The number of aliphatic hydroxyl groups is 1. The summed E-state index contributed by atoms with van der Waals surface area (Å²) in [5.41, 5.74) is 8.56. The van der Waals surface area contributed by atoms with Crippen LogP contribution in [-0.4, -0.2) is 156 Å². The fourth-order valence-electron chi connectivity index (χ4n) is 9.20. The molecule has 0 aliphatic carbocycles. The zero-order chi connectivity index (χ0) is 59.8. The number of ether oxygens (including phenoxy) is 5. The predicted molar refractivity (Wildman–Crippen MR) is 302 cm³/mol. The van der Waals surface area contributed by atoms with Crippen LogP contribution >= 0.6 is 15.9 Å². The van der Waals surface area contributed by atoms with E-state index >= 15 is 0 Å². The summed E-state index contributed by atoms with van der Waals surface area (Å²) in [7, 11) is 1.38. The number of amides is 9. The normalized spacial score (nSPS) is 23.6. The van der Waals surface area contributed by atoms with Gasteiger partial charge >= 0.3 is 18.1 Å². The average Bonchev–Trinajstić information content (AvgIpc) is 4.40. The lowest BCUT2D eigenvalue weighted by molar-refractivity contribution is -0.152. The van der Waals surface area contributed by atoms with E-state index < -0.39 is 77.9 Å². The Bertz CT molecular complexity index is 2400. The molecule has 3 fully saturated rings. The number of benzene rings is 1. The number of rotatable bonds is 29. The van der Waals surface area contributed by atoms with Gasteiger partial charge in [-0.3, -0.25) is 38.6 Å². The fourth-order valence-corrected chi connectivity index (χ4v) is 9.40. The lowest BCUT2D eigenvalue weighted by Crippen LogP contribution is -2.54. The van der Waals surface area contributed by atoms with E-state index in [-0.39, 0.29) is 98.4 Å². The third-order valence-electron chi connectivity index (χ3n) is 13.9. The number of primary amides is 1.